The summed E-state index contributed by atoms with van der Waals surface area (Å²) in [4.78, 5) is 25.9. The molecule has 7 heteroatoms. The van der Waals surface area contributed by atoms with Gasteiger partial charge in [-0.05, 0) is 11.6 Å². The van der Waals surface area contributed by atoms with Crippen molar-refractivity contribution in [3.63, 3.8) is 0 Å². The van der Waals surface area contributed by atoms with Crippen LogP contribution in [0, 0.1) is 10.1 Å². The Morgan fingerprint density at radius 2 is 2.00 bits per heavy atom. The molecule has 2 atom stereocenters. The van der Waals surface area contributed by atoms with Crippen LogP contribution in [0.5, 0.6) is 0 Å². The number of ether oxygens (including phenoxy) is 1. The molecule has 0 aliphatic carbocycles. The van der Waals surface area contributed by atoms with Crippen molar-refractivity contribution in [1.82, 2.24) is 4.98 Å². The van der Waals surface area contributed by atoms with Crippen LogP contribution in [0.4, 0.5) is 11.5 Å². The predicted molar refractivity (Wildman–Crippen MR) is 78.2 cm³/mol. The number of benzene rings is 1. The molecule has 0 bridgehead atoms. The van der Waals surface area contributed by atoms with E-state index < -0.39 is 11.0 Å². The third-order valence-corrected chi connectivity index (χ3v) is 3.44. The SMILES string of the molecule is O=C1OC(c2ccccc2)CC1Nc1ccc([N+](=O)[O-])cn1. The molecular formula is C15H13N3O4. The van der Waals surface area contributed by atoms with E-state index in [2.05, 4.69) is 10.3 Å². The van der Waals surface area contributed by atoms with Crippen molar-refractivity contribution in [3.05, 3.63) is 64.3 Å². The lowest BCUT2D eigenvalue weighted by Crippen LogP contribution is -2.24. The van der Waals surface area contributed by atoms with Gasteiger partial charge in [0, 0.05) is 12.5 Å². The van der Waals surface area contributed by atoms with E-state index in [1.54, 1.807) is 0 Å². The van der Waals surface area contributed by atoms with Crippen molar-refractivity contribution in [1.29, 1.82) is 0 Å². The molecule has 2 aromatic rings. The lowest BCUT2D eigenvalue weighted by atomic mass is 10.0. The minimum Gasteiger partial charge on any atom is -0.456 e. The average molecular weight is 299 g/mol. The van der Waals surface area contributed by atoms with Gasteiger partial charge in [0.05, 0.1) is 4.92 Å². The van der Waals surface area contributed by atoms with E-state index in [4.69, 9.17) is 4.74 Å². The van der Waals surface area contributed by atoms with Crippen LogP contribution in [-0.2, 0) is 9.53 Å². The van der Waals surface area contributed by atoms with Gasteiger partial charge in [-0.15, -0.1) is 0 Å². The number of nitrogens with zero attached hydrogens (tertiary/aromatic N) is 2. The zero-order valence-corrected chi connectivity index (χ0v) is 11.5. The summed E-state index contributed by atoms with van der Waals surface area (Å²) in [6.07, 6.45) is 1.35. The van der Waals surface area contributed by atoms with E-state index >= 15 is 0 Å². The lowest BCUT2D eigenvalue weighted by Gasteiger charge is -2.09. The highest BCUT2D eigenvalue weighted by atomic mass is 16.6. The number of carbonyl (C=O) groups excluding carboxylic acids is 1. The van der Waals surface area contributed by atoms with E-state index in [-0.39, 0.29) is 17.8 Å². The number of aromatic nitrogens is 1. The molecule has 1 saturated heterocycles. The monoisotopic (exact) mass is 299 g/mol. The van der Waals surface area contributed by atoms with Crippen LogP contribution < -0.4 is 5.32 Å². The molecule has 1 aliphatic heterocycles. The van der Waals surface area contributed by atoms with Crippen LogP contribution in [0.15, 0.2) is 48.7 Å². The number of hydrogen-bond acceptors (Lipinski definition) is 6. The highest BCUT2D eigenvalue weighted by Crippen LogP contribution is 2.31. The third kappa shape index (κ3) is 2.88. The smallest absolute Gasteiger partial charge is 0.329 e. The Kier molecular flexibility index (Phi) is 3.69. The summed E-state index contributed by atoms with van der Waals surface area (Å²) < 4.78 is 5.36. The molecule has 7 nitrogen and oxygen atoms in total. The Bertz CT molecular complexity index is 688. The molecule has 22 heavy (non-hydrogen) atoms. The Labute approximate surface area is 126 Å². The van der Waals surface area contributed by atoms with Crippen molar-refractivity contribution >= 4 is 17.5 Å². The van der Waals surface area contributed by atoms with Crippen LogP contribution in [-0.4, -0.2) is 21.9 Å². The summed E-state index contributed by atoms with van der Waals surface area (Å²) >= 11 is 0. The number of esters is 1. The van der Waals surface area contributed by atoms with E-state index in [1.165, 1.54) is 12.1 Å². The summed E-state index contributed by atoms with van der Waals surface area (Å²) in [5, 5.41) is 13.5. The maximum atomic E-state index is 11.9. The first kappa shape index (κ1) is 14.0. The Morgan fingerprint density at radius 3 is 2.64 bits per heavy atom. The molecule has 0 saturated carbocycles. The van der Waals surface area contributed by atoms with Crippen LogP contribution in [0.1, 0.15) is 18.1 Å². The molecule has 1 aromatic heterocycles. The number of carbonyl (C=O) groups is 1. The van der Waals surface area contributed by atoms with Gasteiger partial charge in [0.15, 0.2) is 0 Å². The largest absolute Gasteiger partial charge is 0.456 e. The van der Waals surface area contributed by atoms with Gasteiger partial charge in [-0.2, -0.15) is 0 Å². The van der Waals surface area contributed by atoms with Crippen molar-refractivity contribution in [2.45, 2.75) is 18.6 Å². The normalized spacial score (nSPS) is 20.5. The highest BCUT2D eigenvalue weighted by molar-refractivity contribution is 5.81. The van der Waals surface area contributed by atoms with Gasteiger partial charge in [-0.1, -0.05) is 30.3 Å². The minimum absolute atomic E-state index is 0.0956. The number of anilines is 1. The molecule has 3 rings (SSSR count). The van der Waals surface area contributed by atoms with Crippen LogP contribution >= 0.6 is 0 Å². The van der Waals surface area contributed by atoms with Gasteiger partial charge in [-0.25, -0.2) is 9.78 Å². The van der Waals surface area contributed by atoms with Crippen LogP contribution in [0.2, 0.25) is 0 Å². The molecule has 112 valence electrons. The number of pyridine rings is 1. The second kappa shape index (κ2) is 5.80. The molecule has 0 radical (unpaired) electrons. The summed E-state index contributed by atoms with van der Waals surface area (Å²) in [7, 11) is 0. The molecular weight excluding hydrogens is 286 g/mol. The van der Waals surface area contributed by atoms with Gasteiger partial charge in [0.1, 0.15) is 24.2 Å². The molecule has 0 amide bonds. The van der Waals surface area contributed by atoms with Crippen molar-refractivity contribution in [2.24, 2.45) is 0 Å². The molecule has 1 fully saturated rings. The molecule has 2 heterocycles. The number of rotatable bonds is 4. The van der Waals surface area contributed by atoms with Crippen molar-refractivity contribution in [2.75, 3.05) is 5.32 Å². The van der Waals surface area contributed by atoms with Gasteiger partial charge >= 0.3 is 5.97 Å². The average Bonchev–Trinajstić information content (AvgIpc) is 2.90. The van der Waals surface area contributed by atoms with Gasteiger partial charge in [0.2, 0.25) is 0 Å². The number of nitro groups is 1. The Balaban J connectivity index is 1.68. The number of cyclic esters (lactones) is 1. The summed E-state index contributed by atoms with van der Waals surface area (Å²) in [5.41, 5.74) is 0.846. The minimum atomic E-state index is -0.522. The van der Waals surface area contributed by atoms with E-state index in [0.29, 0.717) is 12.2 Å². The lowest BCUT2D eigenvalue weighted by molar-refractivity contribution is -0.385. The Morgan fingerprint density at radius 1 is 1.23 bits per heavy atom. The fourth-order valence-electron chi connectivity index (χ4n) is 2.33. The fraction of sp³-hybridized carbons (Fsp3) is 0.200. The second-order valence-electron chi connectivity index (χ2n) is 4.93. The zero-order valence-electron chi connectivity index (χ0n) is 11.5. The molecule has 1 N–H and O–H groups in total. The number of nitrogens with one attached hydrogen (secondary N) is 1. The molecule has 2 unspecified atom stereocenters. The zero-order chi connectivity index (χ0) is 15.5. The van der Waals surface area contributed by atoms with Crippen LogP contribution in [0.3, 0.4) is 0 Å². The van der Waals surface area contributed by atoms with Crippen molar-refractivity contribution < 1.29 is 14.5 Å². The van der Waals surface area contributed by atoms with Crippen LogP contribution in [0.25, 0.3) is 0 Å². The van der Waals surface area contributed by atoms with E-state index in [1.807, 2.05) is 30.3 Å². The first-order valence-electron chi connectivity index (χ1n) is 6.76. The topological polar surface area (TPSA) is 94.4 Å². The molecule has 1 aliphatic rings. The quantitative estimate of drug-likeness (QED) is 0.529. The summed E-state index contributed by atoms with van der Waals surface area (Å²) in [6, 6.07) is 11.8. The van der Waals surface area contributed by atoms with E-state index in [9.17, 15) is 14.9 Å². The van der Waals surface area contributed by atoms with Gasteiger partial charge in [-0.3, -0.25) is 10.1 Å². The standard InChI is InChI=1S/C15H13N3O4/c19-15-12(8-13(22-15)10-4-2-1-3-5-10)17-14-7-6-11(9-16-14)18(20)21/h1-7,9,12-13H,8H2,(H,16,17). The van der Waals surface area contributed by atoms with Gasteiger partial charge < -0.3 is 10.1 Å². The first-order chi connectivity index (χ1) is 10.6. The third-order valence-electron chi connectivity index (χ3n) is 3.44. The van der Waals surface area contributed by atoms with Gasteiger partial charge in [0.25, 0.3) is 5.69 Å². The second-order valence-corrected chi connectivity index (χ2v) is 4.93. The summed E-state index contributed by atoms with van der Waals surface area (Å²) in [5.74, 6) is 0.0512. The highest BCUT2D eigenvalue weighted by Gasteiger charge is 2.35. The Hall–Kier alpha value is -2.96. The maximum Gasteiger partial charge on any atom is 0.329 e. The summed E-state index contributed by atoms with van der Waals surface area (Å²) in [6.45, 7) is 0. The predicted octanol–water partition coefficient (Wildman–Crippen LogP) is 2.46. The van der Waals surface area contributed by atoms with Crippen molar-refractivity contribution in [3.8, 4) is 0 Å². The molecule has 0 spiro atoms. The van der Waals surface area contributed by atoms with E-state index in [0.717, 1.165) is 11.8 Å². The maximum absolute atomic E-state index is 11.9. The first-order valence-corrected chi connectivity index (χ1v) is 6.76. The molecule has 1 aromatic carbocycles. The number of hydrogen-bond donors (Lipinski definition) is 1. The fourth-order valence-corrected chi connectivity index (χ4v) is 2.33.